The zero-order chi connectivity index (χ0) is 13.4. The second kappa shape index (κ2) is 5.51. The second-order valence-electron chi connectivity index (χ2n) is 4.47. The highest BCUT2D eigenvalue weighted by atomic mass is 35.5. The Morgan fingerprint density at radius 2 is 2.30 bits per heavy atom. The number of nitro groups is 1. The summed E-state index contributed by atoms with van der Waals surface area (Å²) in [6.07, 6.45) is 2.71. The summed E-state index contributed by atoms with van der Waals surface area (Å²) in [6, 6.07) is 3.14. The first-order chi connectivity index (χ1) is 9.20. The van der Waals surface area contributed by atoms with Crippen LogP contribution < -0.4 is 17.3 Å². The van der Waals surface area contributed by atoms with Crippen LogP contribution in [0.5, 0.6) is 0 Å². The highest BCUT2D eigenvalue weighted by molar-refractivity contribution is 5.82. The van der Waals surface area contributed by atoms with Crippen LogP contribution in [0.1, 0.15) is 12.8 Å². The Hall–Kier alpha value is -2.06. The third-order valence-corrected chi connectivity index (χ3v) is 3.39. The van der Waals surface area contributed by atoms with E-state index < -0.39 is 4.92 Å². The van der Waals surface area contributed by atoms with Crippen LogP contribution in [0, 0.1) is 10.1 Å². The van der Waals surface area contributed by atoms with Gasteiger partial charge in [0.05, 0.1) is 6.54 Å². The number of hydrogen-bond acceptors (Lipinski definition) is 6. The Morgan fingerprint density at radius 1 is 1.50 bits per heavy atom. The molecule has 0 aromatic carbocycles. The molecule has 0 spiro atoms. The highest BCUT2D eigenvalue weighted by Gasteiger charge is 2.32. The van der Waals surface area contributed by atoms with Crippen molar-refractivity contribution in [1.82, 2.24) is 10.1 Å². The largest absolute Gasteiger partial charge is 1.00 e. The summed E-state index contributed by atoms with van der Waals surface area (Å²) in [5.74, 6) is 0.325. The Kier molecular flexibility index (Phi) is 3.96. The number of carbonyl (C=O) groups excluding carboxylic acids is 1. The number of aldehydes is 1. The summed E-state index contributed by atoms with van der Waals surface area (Å²) < 4.78 is 4.88. The molecule has 0 aliphatic carbocycles. The van der Waals surface area contributed by atoms with E-state index in [1.165, 1.54) is 0 Å². The number of pyridine rings is 1. The molecule has 0 amide bonds. The molecule has 0 saturated carbocycles. The molecule has 2 aromatic rings. The standard InChI is InChI=1S/C11H10N4O4.ClH/c16-6-7-2-1-5-14(7)9-4-3-8-10(15(17)18)13-19-11(8)12-9;/h3-4,6-7H,1-2,5H2;1H/t7-;/m0./s1. The van der Waals surface area contributed by atoms with Gasteiger partial charge in [0, 0.05) is 18.9 Å². The van der Waals surface area contributed by atoms with E-state index in [0.29, 0.717) is 5.82 Å². The van der Waals surface area contributed by atoms with Gasteiger partial charge in [0.15, 0.2) is 11.4 Å². The molecule has 106 valence electrons. The molecule has 0 radical (unpaired) electrons. The predicted molar refractivity (Wildman–Crippen MR) is 63.0 cm³/mol. The van der Waals surface area contributed by atoms with Gasteiger partial charge in [-0.2, -0.15) is 4.98 Å². The lowest BCUT2D eigenvalue weighted by Gasteiger charge is -2.14. The molecule has 9 heteroatoms. The molecule has 1 unspecified atom stereocenters. The lowest BCUT2D eigenvalue weighted by atomic mass is 10.2. The van der Waals surface area contributed by atoms with Crippen LogP contribution in [0.4, 0.5) is 11.6 Å². The molecule has 1 aliphatic heterocycles. The number of quaternary nitrogens is 1. The summed E-state index contributed by atoms with van der Waals surface area (Å²) in [4.78, 5) is 26.3. The molecule has 2 atom stereocenters. The van der Waals surface area contributed by atoms with Crippen molar-refractivity contribution in [2.24, 2.45) is 0 Å². The number of carbonyl (C=O) groups is 1. The molecular weight excluding hydrogens is 288 g/mol. The van der Waals surface area contributed by atoms with Crippen molar-refractivity contribution in [1.29, 1.82) is 0 Å². The van der Waals surface area contributed by atoms with Gasteiger partial charge in [-0.05, 0) is 11.0 Å². The van der Waals surface area contributed by atoms with E-state index in [1.54, 1.807) is 12.1 Å². The van der Waals surface area contributed by atoms with E-state index in [0.717, 1.165) is 30.6 Å². The van der Waals surface area contributed by atoms with E-state index in [-0.39, 0.29) is 35.4 Å². The van der Waals surface area contributed by atoms with Crippen molar-refractivity contribution >= 4 is 29.0 Å². The van der Waals surface area contributed by atoms with E-state index in [1.807, 2.05) is 0 Å². The van der Waals surface area contributed by atoms with Gasteiger partial charge in [-0.3, -0.25) is 9.69 Å². The Bertz CT molecular complexity index is 659. The number of hydrogen-bond donors (Lipinski definition) is 1. The lowest BCUT2D eigenvalue weighted by Crippen LogP contribution is -3.09. The van der Waals surface area contributed by atoms with Gasteiger partial charge in [-0.25, -0.2) is 4.52 Å². The minimum atomic E-state index is -0.607. The second-order valence-corrected chi connectivity index (χ2v) is 4.47. The summed E-state index contributed by atoms with van der Waals surface area (Å²) in [5, 5.41) is 14.4. The van der Waals surface area contributed by atoms with E-state index in [9.17, 15) is 14.9 Å². The fourth-order valence-electron chi connectivity index (χ4n) is 2.47. The van der Waals surface area contributed by atoms with Gasteiger partial charge in [-0.15, -0.1) is 0 Å². The average Bonchev–Trinajstić information content (AvgIpc) is 3.04. The first-order valence-electron chi connectivity index (χ1n) is 5.93. The molecule has 1 fully saturated rings. The SMILES string of the molecule is O=C[C@@H]1CCC[NH+]1c1ccc2c([N+](=O)[O-])noc2n1.[Cl-]. The van der Waals surface area contributed by atoms with Crippen molar-refractivity contribution in [2.75, 3.05) is 6.54 Å². The van der Waals surface area contributed by atoms with Crippen molar-refractivity contribution in [3.63, 3.8) is 0 Å². The maximum atomic E-state index is 11.0. The highest BCUT2D eigenvalue weighted by Crippen LogP contribution is 2.23. The van der Waals surface area contributed by atoms with Gasteiger partial charge in [0.25, 0.3) is 5.71 Å². The number of nitrogens with one attached hydrogen (secondary N) is 1. The fourth-order valence-corrected chi connectivity index (χ4v) is 2.47. The molecule has 8 nitrogen and oxygen atoms in total. The Balaban J connectivity index is 0.00000147. The molecule has 3 rings (SSSR count). The van der Waals surface area contributed by atoms with Crippen molar-refractivity contribution in [3.05, 3.63) is 22.2 Å². The van der Waals surface area contributed by atoms with Gasteiger partial charge < -0.3 is 22.5 Å². The van der Waals surface area contributed by atoms with Crippen LogP contribution >= 0.6 is 0 Å². The van der Waals surface area contributed by atoms with Gasteiger partial charge >= 0.3 is 5.82 Å². The first-order valence-corrected chi connectivity index (χ1v) is 5.93. The molecule has 20 heavy (non-hydrogen) atoms. The quantitative estimate of drug-likeness (QED) is 0.368. The van der Waals surface area contributed by atoms with Crippen molar-refractivity contribution < 1.29 is 31.5 Å². The van der Waals surface area contributed by atoms with Crippen molar-refractivity contribution in [3.8, 4) is 0 Å². The van der Waals surface area contributed by atoms with Crippen molar-refractivity contribution in [2.45, 2.75) is 18.9 Å². The lowest BCUT2D eigenvalue weighted by molar-refractivity contribution is -0.837. The molecular formula is C11H11ClN4O4. The van der Waals surface area contributed by atoms with E-state index in [2.05, 4.69) is 10.1 Å². The molecule has 2 aromatic heterocycles. The maximum absolute atomic E-state index is 11.0. The molecule has 3 heterocycles. The first kappa shape index (κ1) is 14.4. The van der Waals surface area contributed by atoms with E-state index in [4.69, 9.17) is 4.52 Å². The average molecular weight is 299 g/mol. The zero-order valence-corrected chi connectivity index (χ0v) is 11.0. The summed E-state index contributed by atoms with van der Waals surface area (Å²) >= 11 is 0. The van der Waals surface area contributed by atoms with Crippen LogP contribution in [0.15, 0.2) is 16.7 Å². The van der Waals surface area contributed by atoms with Gasteiger partial charge in [-0.1, -0.05) is 0 Å². The van der Waals surface area contributed by atoms with Crippen LogP contribution in [0.25, 0.3) is 11.1 Å². The van der Waals surface area contributed by atoms with Gasteiger partial charge in [0.1, 0.15) is 11.4 Å². The zero-order valence-electron chi connectivity index (χ0n) is 10.3. The number of aromatic nitrogens is 2. The Morgan fingerprint density at radius 3 is 3.00 bits per heavy atom. The van der Waals surface area contributed by atoms with E-state index >= 15 is 0 Å². The third kappa shape index (κ3) is 2.23. The Labute approximate surface area is 119 Å². The minimum Gasteiger partial charge on any atom is -1.00 e. The summed E-state index contributed by atoms with van der Waals surface area (Å²) in [6.45, 7) is 0.818. The van der Waals surface area contributed by atoms with Gasteiger partial charge in [0.2, 0.25) is 5.82 Å². The predicted octanol–water partition coefficient (Wildman–Crippen LogP) is -2.99. The number of rotatable bonds is 3. The topological polar surface area (TPSA) is 104 Å². The van der Waals surface area contributed by atoms with Crippen LogP contribution in [0.3, 0.4) is 0 Å². The third-order valence-electron chi connectivity index (χ3n) is 3.39. The van der Waals surface area contributed by atoms with Crippen LogP contribution in [0.2, 0.25) is 0 Å². The molecule has 1 aliphatic rings. The van der Waals surface area contributed by atoms with Crippen LogP contribution in [-0.4, -0.2) is 33.9 Å². The molecule has 0 bridgehead atoms. The summed E-state index contributed by atoms with van der Waals surface area (Å²) in [7, 11) is 0. The number of nitrogens with zero attached hydrogens (tertiary/aromatic N) is 3. The minimum absolute atomic E-state index is 0. The normalized spacial score (nSPS) is 21.6. The fraction of sp³-hybridized carbons (Fsp3) is 0.364. The smallest absolute Gasteiger partial charge is 0.423 e. The molecule has 1 saturated heterocycles. The number of fused-ring (bicyclic) bond motifs is 1. The maximum Gasteiger partial charge on any atom is 0.423 e. The monoisotopic (exact) mass is 298 g/mol. The summed E-state index contributed by atoms with van der Waals surface area (Å²) in [5.41, 5.74) is 0.133. The number of halogens is 1. The molecule has 1 N–H and O–H groups in total. The van der Waals surface area contributed by atoms with Crippen LogP contribution in [-0.2, 0) is 4.79 Å².